The summed E-state index contributed by atoms with van der Waals surface area (Å²) in [5, 5.41) is 11.8. The number of carbonyl (C=O) groups is 1. The van der Waals surface area contributed by atoms with Crippen LogP contribution in [0.5, 0.6) is 0 Å². The van der Waals surface area contributed by atoms with Gasteiger partial charge in [-0.25, -0.2) is 9.18 Å². The Morgan fingerprint density at radius 2 is 2.46 bits per heavy atom. The number of halogens is 1. The van der Waals surface area contributed by atoms with Gasteiger partial charge in [-0.1, -0.05) is 5.11 Å². The molecule has 0 radical (unpaired) electrons. The molecule has 1 fully saturated rings. The maximum Gasteiger partial charge on any atom is 0.407 e. The molecule has 1 aliphatic rings. The van der Waals surface area contributed by atoms with Gasteiger partial charge in [0.25, 0.3) is 0 Å². The molecule has 0 aromatic rings. The summed E-state index contributed by atoms with van der Waals surface area (Å²) in [5.74, 6) is 0. The van der Waals surface area contributed by atoms with Crippen LogP contribution in [0.4, 0.5) is 9.18 Å². The minimum Gasteiger partial charge on any atom is -0.465 e. The second-order valence-electron chi connectivity index (χ2n) is 2.81. The van der Waals surface area contributed by atoms with Crippen molar-refractivity contribution in [1.29, 1.82) is 0 Å². The third kappa shape index (κ3) is 2.22. The standard InChI is InChI=1S/C6H9FN4O2/c7-4-1-2-11(6(12)13)3-5(4)9-10-8/h4-5H,1-3H2,(H,12,13). The lowest BCUT2D eigenvalue weighted by molar-refractivity contribution is 0.103. The zero-order valence-corrected chi connectivity index (χ0v) is 6.80. The van der Waals surface area contributed by atoms with Crippen LogP contribution in [0.15, 0.2) is 5.11 Å². The molecule has 7 heteroatoms. The number of likely N-dealkylation sites (tertiary alicyclic amines) is 1. The Hall–Kier alpha value is -1.49. The van der Waals surface area contributed by atoms with Crippen LogP contribution in [0.3, 0.4) is 0 Å². The number of carboxylic acid groups (broad SMARTS) is 1. The molecular weight excluding hydrogens is 179 g/mol. The molecule has 0 saturated carbocycles. The molecule has 0 aromatic carbocycles. The van der Waals surface area contributed by atoms with Crippen molar-refractivity contribution in [3.05, 3.63) is 10.4 Å². The largest absolute Gasteiger partial charge is 0.465 e. The molecule has 1 rings (SSSR count). The Bertz CT molecular complexity index is 253. The van der Waals surface area contributed by atoms with E-state index in [0.29, 0.717) is 0 Å². The summed E-state index contributed by atoms with van der Waals surface area (Å²) in [6, 6.07) is -0.880. The first-order valence-electron chi connectivity index (χ1n) is 3.81. The van der Waals surface area contributed by atoms with Gasteiger partial charge in [0.15, 0.2) is 0 Å². The van der Waals surface area contributed by atoms with Gasteiger partial charge in [0.2, 0.25) is 0 Å². The molecule has 1 N–H and O–H groups in total. The number of nitrogens with zero attached hydrogens (tertiary/aromatic N) is 4. The Morgan fingerprint density at radius 3 is 3.00 bits per heavy atom. The summed E-state index contributed by atoms with van der Waals surface area (Å²) in [6.45, 7) is 0.106. The molecule has 2 atom stereocenters. The number of amides is 1. The van der Waals surface area contributed by atoms with E-state index in [2.05, 4.69) is 10.0 Å². The van der Waals surface area contributed by atoms with Crippen molar-refractivity contribution in [2.24, 2.45) is 5.11 Å². The van der Waals surface area contributed by atoms with Gasteiger partial charge in [0.05, 0.1) is 6.04 Å². The van der Waals surface area contributed by atoms with Crippen molar-refractivity contribution >= 4 is 6.09 Å². The fraction of sp³-hybridized carbons (Fsp3) is 0.833. The van der Waals surface area contributed by atoms with E-state index in [1.807, 2.05) is 0 Å². The average molecular weight is 188 g/mol. The van der Waals surface area contributed by atoms with Crippen LogP contribution in [-0.4, -0.2) is 41.4 Å². The predicted octanol–water partition coefficient (Wildman–Crippen LogP) is 1.39. The predicted molar refractivity (Wildman–Crippen MR) is 42.0 cm³/mol. The maximum absolute atomic E-state index is 13.0. The third-order valence-electron chi connectivity index (χ3n) is 1.97. The lowest BCUT2D eigenvalue weighted by Crippen LogP contribution is -2.46. The summed E-state index contributed by atoms with van der Waals surface area (Å²) in [5.41, 5.74) is 8.09. The second-order valence-corrected chi connectivity index (χ2v) is 2.81. The van der Waals surface area contributed by atoms with E-state index >= 15 is 0 Å². The van der Waals surface area contributed by atoms with E-state index in [-0.39, 0.29) is 19.5 Å². The number of azide groups is 1. The Labute approximate surface area is 73.6 Å². The summed E-state index contributed by atoms with van der Waals surface area (Å²) >= 11 is 0. The van der Waals surface area contributed by atoms with E-state index in [0.717, 1.165) is 4.90 Å². The summed E-state index contributed by atoms with van der Waals surface area (Å²) in [6.07, 6.45) is -2.24. The van der Waals surface area contributed by atoms with Crippen LogP contribution in [0.2, 0.25) is 0 Å². The van der Waals surface area contributed by atoms with Crippen molar-refractivity contribution in [2.45, 2.75) is 18.6 Å². The molecule has 1 saturated heterocycles. The van der Waals surface area contributed by atoms with Crippen LogP contribution in [0, 0.1) is 0 Å². The Balaban J connectivity index is 2.62. The number of piperidine rings is 1. The van der Waals surface area contributed by atoms with Crippen molar-refractivity contribution in [3.8, 4) is 0 Å². The van der Waals surface area contributed by atoms with Crippen LogP contribution in [0.1, 0.15) is 6.42 Å². The van der Waals surface area contributed by atoms with E-state index < -0.39 is 18.3 Å². The topological polar surface area (TPSA) is 89.3 Å². The smallest absolute Gasteiger partial charge is 0.407 e. The second kappa shape index (κ2) is 3.95. The summed E-state index contributed by atoms with van der Waals surface area (Å²) < 4.78 is 13.0. The highest BCUT2D eigenvalue weighted by Gasteiger charge is 2.30. The lowest BCUT2D eigenvalue weighted by Gasteiger charge is -2.30. The first-order chi connectivity index (χ1) is 6.15. The normalized spacial score (nSPS) is 27.9. The van der Waals surface area contributed by atoms with Crippen molar-refractivity contribution in [1.82, 2.24) is 4.90 Å². The van der Waals surface area contributed by atoms with E-state index in [4.69, 9.17) is 10.6 Å². The maximum atomic E-state index is 13.0. The van der Waals surface area contributed by atoms with Gasteiger partial charge >= 0.3 is 6.09 Å². The van der Waals surface area contributed by atoms with Crippen LogP contribution in [-0.2, 0) is 0 Å². The molecule has 0 aromatic heterocycles. The van der Waals surface area contributed by atoms with Crippen molar-refractivity contribution in [3.63, 3.8) is 0 Å². The van der Waals surface area contributed by atoms with E-state index in [1.54, 1.807) is 0 Å². The molecular formula is C6H9FN4O2. The molecule has 1 aliphatic heterocycles. The van der Waals surface area contributed by atoms with Gasteiger partial charge in [-0.2, -0.15) is 0 Å². The van der Waals surface area contributed by atoms with Gasteiger partial charge in [0.1, 0.15) is 6.17 Å². The minimum atomic E-state index is -1.23. The highest BCUT2D eigenvalue weighted by atomic mass is 19.1. The zero-order valence-electron chi connectivity index (χ0n) is 6.80. The summed E-state index contributed by atoms with van der Waals surface area (Å²) in [4.78, 5) is 14.0. The average Bonchev–Trinajstić information content (AvgIpc) is 2.08. The molecule has 72 valence electrons. The fourth-order valence-electron chi connectivity index (χ4n) is 1.25. The molecule has 1 heterocycles. The monoisotopic (exact) mass is 188 g/mol. The summed E-state index contributed by atoms with van der Waals surface area (Å²) in [7, 11) is 0. The lowest BCUT2D eigenvalue weighted by atomic mass is 10.1. The van der Waals surface area contributed by atoms with Crippen molar-refractivity contribution < 1.29 is 14.3 Å². The van der Waals surface area contributed by atoms with Gasteiger partial charge in [-0.3, -0.25) is 0 Å². The molecule has 6 nitrogen and oxygen atoms in total. The number of alkyl halides is 1. The van der Waals surface area contributed by atoms with Crippen LogP contribution in [0.25, 0.3) is 10.4 Å². The van der Waals surface area contributed by atoms with Gasteiger partial charge in [-0.15, -0.1) is 0 Å². The number of rotatable bonds is 1. The molecule has 1 amide bonds. The van der Waals surface area contributed by atoms with Gasteiger partial charge < -0.3 is 10.0 Å². The van der Waals surface area contributed by atoms with Crippen LogP contribution >= 0.6 is 0 Å². The zero-order chi connectivity index (χ0) is 9.84. The first kappa shape index (κ1) is 9.60. The molecule has 0 bridgehead atoms. The molecule has 0 spiro atoms. The number of hydrogen-bond donors (Lipinski definition) is 1. The van der Waals surface area contributed by atoms with Gasteiger partial charge in [0, 0.05) is 18.0 Å². The SMILES string of the molecule is [N-]=[N+]=NC1CN(C(=O)O)CCC1F. The number of hydrogen-bond acceptors (Lipinski definition) is 2. The Kier molecular flexibility index (Phi) is 2.92. The van der Waals surface area contributed by atoms with Crippen LogP contribution < -0.4 is 0 Å². The van der Waals surface area contributed by atoms with E-state index in [1.165, 1.54) is 0 Å². The third-order valence-corrected chi connectivity index (χ3v) is 1.97. The Morgan fingerprint density at radius 1 is 1.77 bits per heavy atom. The first-order valence-corrected chi connectivity index (χ1v) is 3.81. The van der Waals surface area contributed by atoms with E-state index in [9.17, 15) is 9.18 Å². The quantitative estimate of drug-likeness (QED) is 0.382. The molecule has 13 heavy (non-hydrogen) atoms. The minimum absolute atomic E-state index is 0.0550. The fourth-order valence-corrected chi connectivity index (χ4v) is 1.25. The molecule has 2 unspecified atom stereocenters. The highest BCUT2D eigenvalue weighted by molar-refractivity contribution is 5.65. The van der Waals surface area contributed by atoms with Gasteiger partial charge in [-0.05, 0) is 12.0 Å². The molecule has 0 aliphatic carbocycles. The highest BCUT2D eigenvalue weighted by Crippen LogP contribution is 2.17. The van der Waals surface area contributed by atoms with Crippen molar-refractivity contribution in [2.75, 3.05) is 13.1 Å².